The summed E-state index contributed by atoms with van der Waals surface area (Å²) in [6, 6.07) is 6.14. The van der Waals surface area contributed by atoms with E-state index in [1.807, 2.05) is 43.4 Å². The van der Waals surface area contributed by atoms with Crippen molar-refractivity contribution in [3.63, 3.8) is 0 Å². The number of nitrogens with two attached hydrogens (primary N) is 1. The van der Waals surface area contributed by atoms with Gasteiger partial charge in [-0.05, 0) is 63.6 Å². The molecule has 2 aromatic heterocycles. The second kappa shape index (κ2) is 41.9. The molecule has 1 aliphatic heterocycles. The fourth-order valence-electron chi connectivity index (χ4n) is 7.53. The van der Waals surface area contributed by atoms with Gasteiger partial charge in [0.15, 0.2) is 11.6 Å². The molecule has 3 N–H and O–H groups in total. The van der Waals surface area contributed by atoms with Crippen molar-refractivity contribution in [3.05, 3.63) is 80.3 Å². The summed E-state index contributed by atoms with van der Waals surface area (Å²) >= 11 is 1.65. The van der Waals surface area contributed by atoms with Crippen molar-refractivity contribution in [2.24, 2.45) is 10.7 Å². The van der Waals surface area contributed by atoms with Crippen molar-refractivity contribution in [1.82, 2.24) is 20.1 Å². The van der Waals surface area contributed by atoms with Crippen molar-refractivity contribution < 1.29 is 84.1 Å². The molecule has 4 rings (SSSR count). The molecule has 0 saturated carbocycles. The van der Waals surface area contributed by atoms with Crippen LogP contribution in [0.25, 0.3) is 6.08 Å². The summed E-state index contributed by atoms with van der Waals surface area (Å²) in [6.07, 6.45) is 8.49. The lowest BCUT2D eigenvalue weighted by Crippen LogP contribution is -2.33. The molecule has 0 aliphatic carbocycles. The number of unbranched alkanes of at least 4 members (excludes halogenated alkanes) is 2. The minimum Gasteiger partial charge on any atom is -0.420 e. The van der Waals surface area contributed by atoms with E-state index in [0.717, 1.165) is 60.5 Å². The number of esters is 1. The Morgan fingerprint density at radius 2 is 1.16 bits per heavy atom. The van der Waals surface area contributed by atoms with E-state index in [0.29, 0.717) is 143 Å². The first kappa shape index (κ1) is 68.5. The number of aliphatic imine (C=N–C) groups is 1. The van der Waals surface area contributed by atoms with Gasteiger partial charge in [0.1, 0.15) is 5.84 Å². The standard InChI is InChI=1S/C56H82F4N6O14S/c1-4-14-66(40-42-9-10-44(63-39-42)41-65(2)3)56(69)43-35-49-48(64-50(61)36-43)37-45(81-49)8-6-5-7-13-62-51(67)11-15-70-17-19-72-21-23-74-25-27-76-29-31-78-33-34-79-32-30-77-28-26-75-24-22-73-20-18-71-16-12-52(68)80-55-53(59)46(57)38-47(58)54(55)60/h9-10,35,37-39H,4-8,11-34,36,40-41H2,1-3H3,(H2,61,64)(H,62,67). The number of hydrogen-bond donors (Lipinski definition) is 2. The SMILES string of the molecule is CCCN(Cc1ccc(CN(C)C)nc1)C(=O)C1=Cc2sc(CCCCCNC(=O)CCOCCOCCOCCOCCOCCOCCOCCOCCOCCOCCC(=O)Oc3c(F)c(F)cc(F)c3F)cc2N=C(N)C1. The zero-order valence-corrected chi connectivity index (χ0v) is 47.9. The summed E-state index contributed by atoms with van der Waals surface area (Å²) < 4.78 is 112. The van der Waals surface area contributed by atoms with Crippen molar-refractivity contribution in [3.8, 4) is 5.75 Å². The van der Waals surface area contributed by atoms with Crippen LogP contribution < -0.4 is 15.8 Å². The number of aryl methyl sites for hydroxylation is 1. The summed E-state index contributed by atoms with van der Waals surface area (Å²) in [5.41, 5.74) is 9.74. The van der Waals surface area contributed by atoms with E-state index in [1.54, 1.807) is 11.3 Å². The summed E-state index contributed by atoms with van der Waals surface area (Å²) in [7, 11) is 4.02. The predicted molar refractivity (Wildman–Crippen MR) is 295 cm³/mol. The molecule has 20 nitrogen and oxygen atoms in total. The first-order chi connectivity index (χ1) is 39.3. The van der Waals surface area contributed by atoms with E-state index >= 15 is 0 Å². The maximum Gasteiger partial charge on any atom is 0.313 e. The molecule has 0 bridgehead atoms. The Labute approximate surface area is 476 Å². The molecule has 0 radical (unpaired) electrons. The Morgan fingerprint density at radius 3 is 1.64 bits per heavy atom. The molecule has 0 saturated heterocycles. The number of nitrogens with one attached hydrogen (secondary N) is 1. The number of hydrogen-bond acceptors (Lipinski definition) is 19. The van der Waals surface area contributed by atoms with Crippen molar-refractivity contribution >= 4 is 46.7 Å². The summed E-state index contributed by atoms with van der Waals surface area (Å²) in [5, 5.41) is 2.97. The first-order valence-electron chi connectivity index (χ1n) is 27.5. The summed E-state index contributed by atoms with van der Waals surface area (Å²) in [6.45, 7) is 11.3. The van der Waals surface area contributed by atoms with Crippen LogP contribution in [0.2, 0.25) is 0 Å². The van der Waals surface area contributed by atoms with Gasteiger partial charge in [-0.3, -0.25) is 19.4 Å². The highest BCUT2D eigenvalue weighted by molar-refractivity contribution is 7.13. The van der Waals surface area contributed by atoms with Crippen LogP contribution in [-0.2, 0) is 81.3 Å². The number of carbonyl (C=O) groups excluding carboxylic acids is 3. The summed E-state index contributed by atoms with van der Waals surface area (Å²) in [4.78, 5) is 53.2. The number of benzene rings is 1. The van der Waals surface area contributed by atoms with E-state index in [1.165, 1.54) is 4.88 Å². The third-order valence-electron chi connectivity index (χ3n) is 11.5. The highest BCUT2D eigenvalue weighted by Gasteiger charge is 2.24. The Morgan fingerprint density at radius 1 is 0.654 bits per heavy atom. The number of carbonyl (C=O) groups is 3. The molecule has 0 unspecified atom stereocenters. The maximum absolute atomic E-state index is 13.9. The lowest BCUT2D eigenvalue weighted by Gasteiger charge is -2.23. The number of ether oxygens (including phenoxy) is 11. The fourth-order valence-corrected chi connectivity index (χ4v) is 8.64. The summed E-state index contributed by atoms with van der Waals surface area (Å²) in [5.74, 6) is -9.18. The van der Waals surface area contributed by atoms with Crippen LogP contribution in [0.1, 0.15) is 72.9 Å². The predicted octanol–water partition coefficient (Wildman–Crippen LogP) is 6.36. The van der Waals surface area contributed by atoms with Crippen LogP contribution in [0.4, 0.5) is 23.2 Å². The molecule has 3 heterocycles. The largest absolute Gasteiger partial charge is 0.420 e. The Kier molecular flexibility index (Phi) is 35.4. The fraction of sp³-hybridized carbons (Fsp3) is 0.625. The maximum atomic E-state index is 13.9. The number of pyridine rings is 1. The van der Waals surface area contributed by atoms with Gasteiger partial charge in [0.2, 0.25) is 23.3 Å². The lowest BCUT2D eigenvalue weighted by atomic mass is 10.1. The van der Waals surface area contributed by atoms with Gasteiger partial charge >= 0.3 is 5.97 Å². The molecule has 25 heteroatoms. The Balaban J connectivity index is 0.845. The number of fused-ring (bicyclic) bond motifs is 1. The van der Waals surface area contributed by atoms with Gasteiger partial charge < -0.3 is 73.0 Å². The smallest absolute Gasteiger partial charge is 0.313 e. The zero-order chi connectivity index (χ0) is 58.3. The molecule has 0 atom stereocenters. The van der Waals surface area contributed by atoms with Crippen LogP contribution in [0.5, 0.6) is 5.75 Å². The minimum absolute atomic E-state index is 0.0160. The van der Waals surface area contributed by atoms with E-state index in [-0.39, 0.29) is 50.7 Å². The third-order valence-corrected chi connectivity index (χ3v) is 12.6. The number of thiophene rings is 1. The number of aromatic nitrogens is 1. The van der Waals surface area contributed by atoms with E-state index in [2.05, 4.69) is 37.9 Å². The molecule has 3 aromatic rings. The second-order valence-corrected chi connectivity index (χ2v) is 19.8. The van der Waals surface area contributed by atoms with Gasteiger partial charge in [0, 0.05) is 61.7 Å². The van der Waals surface area contributed by atoms with Gasteiger partial charge in [-0.25, -0.2) is 13.8 Å². The average Bonchev–Trinajstić information content (AvgIpc) is 3.79. The first-order valence-corrected chi connectivity index (χ1v) is 28.3. The van der Waals surface area contributed by atoms with Crippen LogP contribution in [0.15, 0.2) is 41.0 Å². The van der Waals surface area contributed by atoms with Crippen LogP contribution >= 0.6 is 11.3 Å². The minimum atomic E-state index is -1.80. The Bertz CT molecular complexity index is 2310. The van der Waals surface area contributed by atoms with Gasteiger partial charge in [-0.15, -0.1) is 11.3 Å². The quantitative estimate of drug-likeness (QED) is 0.0207. The van der Waals surface area contributed by atoms with E-state index < -0.39 is 41.4 Å². The monoisotopic (exact) mass is 1170 g/mol. The van der Waals surface area contributed by atoms with Gasteiger partial charge in [-0.2, -0.15) is 8.78 Å². The van der Waals surface area contributed by atoms with E-state index in [9.17, 15) is 31.9 Å². The highest BCUT2D eigenvalue weighted by Crippen LogP contribution is 2.36. The topological polar surface area (TPSA) is 223 Å². The van der Waals surface area contributed by atoms with Crippen LogP contribution in [-0.4, -0.2) is 198 Å². The lowest BCUT2D eigenvalue weighted by molar-refractivity contribution is -0.136. The molecular weight excluding hydrogens is 1090 g/mol. The molecule has 81 heavy (non-hydrogen) atoms. The van der Waals surface area contributed by atoms with Gasteiger partial charge in [0.05, 0.1) is 155 Å². The number of nitrogens with zero attached hydrogens (tertiary/aromatic N) is 4. The van der Waals surface area contributed by atoms with Crippen LogP contribution in [0.3, 0.4) is 0 Å². The van der Waals surface area contributed by atoms with Crippen molar-refractivity contribution in [1.29, 1.82) is 0 Å². The molecule has 0 spiro atoms. The van der Waals surface area contributed by atoms with Gasteiger partial charge in [0.25, 0.3) is 5.91 Å². The van der Waals surface area contributed by atoms with Gasteiger partial charge in [-0.1, -0.05) is 19.4 Å². The van der Waals surface area contributed by atoms with Crippen LogP contribution in [0, 0.1) is 23.3 Å². The second-order valence-electron chi connectivity index (χ2n) is 18.6. The number of halogens is 4. The van der Waals surface area contributed by atoms with E-state index in [4.69, 9.17) is 53.1 Å². The molecule has 1 aromatic carbocycles. The van der Waals surface area contributed by atoms with Crippen molar-refractivity contribution in [2.75, 3.05) is 159 Å². The third kappa shape index (κ3) is 29.7. The van der Waals surface area contributed by atoms with Crippen molar-refractivity contribution in [2.45, 2.75) is 71.4 Å². The number of rotatable bonds is 47. The molecule has 2 amide bonds. The average molecular weight is 1170 g/mol. The number of amidine groups is 1. The zero-order valence-electron chi connectivity index (χ0n) is 47.1. The number of amides is 2. The normalized spacial score (nSPS) is 12.3. The molecular formula is C56H82F4N6O14S. The highest BCUT2D eigenvalue weighted by atomic mass is 32.1. The Hall–Kier alpha value is -5.03. The molecule has 0 fully saturated rings. The molecule has 1 aliphatic rings. The molecule has 454 valence electrons.